The van der Waals surface area contributed by atoms with Crippen molar-refractivity contribution in [3.05, 3.63) is 56.9 Å². The maximum absolute atomic E-state index is 12.0. The average Bonchev–Trinajstić information content (AvgIpc) is 2.57. The summed E-state index contributed by atoms with van der Waals surface area (Å²) >= 11 is 3.35. The van der Waals surface area contributed by atoms with Gasteiger partial charge >= 0.3 is 0 Å². The van der Waals surface area contributed by atoms with Crippen molar-refractivity contribution in [1.29, 1.82) is 0 Å². The van der Waals surface area contributed by atoms with Crippen LogP contribution in [0.3, 0.4) is 0 Å². The second-order valence-corrected chi connectivity index (χ2v) is 5.89. The molecule has 0 bridgehead atoms. The number of methoxy groups -OCH3 is 1. The molecule has 6 nitrogen and oxygen atoms in total. The number of nitrogens with zero attached hydrogens (tertiary/aromatic N) is 1. The monoisotopic (exact) mass is 392 g/mol. The fourth-order valence-corrected chi connectivity index (χ4v) is 2.53. The lowest BCUT2D eigenvalue weighted by molar-refractivity contribution is -0.118. The number of para-hydroxylation sites is 1. The summed E-state index contributed by atoms with van der Waals surface area (Å²) in [4.78, 5) is 22.5. The third-order valence-electron chi connectivity index (χ3n) is 3.35. The smallest absolute Gasteiger partial charge is 0.262 e. The summed E-state index contributed by atoms with van der Waals surface area (Å²) in [6.07, 6.45) is 0. The number of nitrogens with one attached hydrogen (secondary N) is 1. The van der Waals surface area contributed by atoms with Crippen molar-refractivity contribution in [3.8, 4) is 11.5 Å². The van der Waals surface area contributed by atoms with Gasteiger partial charge in [-0.25, -0.2) is 0 Å². The fourth-order valence-electron chi connectivity index (χ4n) is 2.08. The average molecular weight is 393 g/mol. The molecule has 0 unspecified atom stereocenters. The van der Waals surface area contributed by atoms with Gasteiger partial charge in [-0.05, 0) is 36.2 Å². The molecule has 0 atom stereocenters. The summed E-state index contributed by atoms with van der Waals surface area (Å²) in [6, 6.07) is 10.8. The van der Waals surface area contributed by atoms with Crippen LogP contribution in [0.1, 0.15) is 11.1 Å². The van der Waals surface area contributed by atoms with Gasteiger partial charge < -0.3 is 14.8 Å². The molecule has 0 aliphatic heterocycles. The highest BCUT2D eigenvalue weighted by Crippen LogP contribution is 2.34. The number of hydrogen-bond acceptors (Lipinski definition) is 5. The minimum Gasteiger partial charge on any atom is -0.493 e. The van der Waals surface area contributed by atoms with E-state index < -0.39 is 0 Å². The van der Waals surface area contributed by atoms with Crippen molar-refractivity contribution in [3.63, 3.8) is 0 Å². The molecule has 0 spiro atoms. The fraction of sp³-hybridized carbons (Fsp3) is 0.235. The first-order valence-electron chi connectivity index (χ1n) is 7.19. The Morgan fingerprint density at radius 3 is 2.67 bits per heavy atom. The van der Waals surface area contributed by atoms with Gasteiger partial charge in [-0.2, -0.15) is 4.91 Å². The lowest BCUT2D eigenvalue weighted by Gasteiger charge is -2.13. The lowest BCUT2D eigenvalue weighted by Crippen LogP contribution is -2.20. The van der Waals surface area contributed by atoms with Crippen LogP contribution >= 0.6 is 15.9 Å². The molecule has 1 amide bonds. The maximum atomic E-state index is 12.0. The van der Waals surface area contributed by atoms with E-state index in [1.54, 1.807) is 12.1 Å². The van der Waals surface area contributed by atoms with E-state index in [1.807, 2.05) is 31.2 Å². The van der Waals surface area contributed by atoms with Gasteiger partial charge in [0.05, 0.1) is 7.11 Å². The van der Waals surface area contributed by atoms with Gasteiger partial charge in [-0.15, -0.1) is 0 Å². The largest absolute Gasteiger partial charge is 0.493 e. The highest BCUT2D eigenvalue weighted by Gasteiger charge is 2.12. The summed E-state index contributed by atoms with van der Waals surface area (Å²) in [7, 11) is 1.49. The molecule has 0 saturated carbocycles. The van der Waals surface area contributed by atoms with E-state index in [0.717, 1.165) is 11.3 Å². The highest BCUT2D eigenvalue weighted by atomic mass is 79.9. The molecule has 1 N–H and O–H groups in total. The first-order valence-corrected chi connectivity index (χ1v) is 7.98. The number of hydrogen-bond donors (Lipinski definition) is 1. The van der Waals surface area contributed by atoms with Crippen LogP contribution in [-0.2, 0) is 11.3 Å². The molecule has 0 heterocycles. The molecule has 0 radical (unpaired) electrons. The minimum atomic E-state index is -0.277. The zero-order valence-electron chi connectivity index (χ0n) is 13.3. The molecule has 2 aromatic carbocycles. The summed E-state index contributed by atoms with van der Waals surface area (Å²) in [5, 5.41) is 5.65. The second kappa shape index (κ2) is 8.44. The molecule has 24 heavy (non-hydrogen) atoms. The van der Waals surface area contributed by atoms with Crippen LogP contribution in [-0.4, -0.2) is 19.6 Å². The van der Waals surface area contributed by atoms with Crippen molar-refractivity contribution < 1.29 is 14.3 Å². The van der Waals surface area contributed by atoms with Crippen LogP contribution in [0, 0.1) is 11.8 Å². The third-order valence-corrected chi connectivity index (χ3v) is 4.08. The van der Waals surface area contributed by atoms with Crippen LogP contribution in [0.15, 0.2) is 46.0 Å². The maximum Gasteiger partial charge on any atom is 0.262 e. The van der Waals surface area contributed by atoms with E-state index in [-0.39, 0.29) is 19.1 Å². The van der Waals surface area contributed by atoms with Gasteiger partial charge in [0.2, 0.25) is 0 Å². The van der Waals surface area contributed by atoms with E-state index >= 15 is 0 Å². The van der Waals surface area contributed by atoms with Crippen molar-refractivity contribution in [1.82, 2.24) is 0 Å². The highest BCUT2D eigenvalue weighted by molar-refractivity contribution is 9.10. The number of carbonyl (C=O) groups excluding carboxylic acids is 1. The van der Waals surface area contributed by atoms with Gasteiger partial charge in [0.1, 0.15) is 6.54 Å². The number of amides is 1. The number of halogens is 1. The van der Waals surface area contributed by atoms with Crippen LogP contribution in [0.4, 0.5) is 5.69 Å². The van der Waals surface area contributed by atoms with Gasteiger partial charge in [0, 0.05) is 10.2 Å². The predicted octanol–water partition coefficient (Wildman–Crippen LogP) is 4.05. The predicted molar refractivity (Wildman–Crippen MR) is 95.5 cm³/mol. The van der Waals surface area contributed by atoms with Gasteiger partial charge in [0.15, 0.2) is 18.1 Å². The molecule has 2 rings (SSSR count). The molecule has 0 saturated heterocycles. The van der Waals surface area contributed by atoms with Crippen molar-refractivity contribution >= 4 is 27.5 Å². The number of benzene rings is 2. The quantitative estimate of drug-likeness (QED) is 0.720. The Morgan fingerprint density at radius 2 is 2.00 bits per heavy atom. The first-order chi connectivity index (χ1) is 11.5. The molecule has 0 aromatic heterocycles. The first kappa shape index (κ1) is 17.9. The zero-order valence-corrected chi connectivity index (χ0v) is 14.9. The topological polar surface area (TPSA) is 77.0 Å². The third kappa shape index (κ3) is 4.55. The Balaban J connectivity index is 2.05. The van der Waals surface area contributed by atoms with E-state index in [1.165, 1.54) is 7.11 Å². The van der Waals surface area contributed by atoms with Crippen molar-refractivity contribution in [2.24, 2.45) is 5.18 Å². The van der Waals surface area contributed by atoms with Gasteiger partial charge in [0.25, 0.3) is 5.91 Å². The summed E-state index contributed by atoms with van der Waals surface area (Å²) in [5.41, 5.74) is 2.39. The van der Waals surface area contributed by atoms with Crippen molar-refractivity contribution in [2.45, 2.75) is 13.5 Å². The Bertz CT molecular complexity index is 749. The number of aryl methyl sites for hydroxylation is 1. The summed E-state index contributed by atoms with van der Waals surface area (Å²) < 4.78 is 11.4. The number of nitroso groups, excluding NO2 is 1. The molecule has 0 fully saturated rings. The van der Waals surface area contributed by atoms with Crippen LogP contribution in [0.25, 0.3) is 0 Å². The molecule has 7 heteroatoms. The molecule has 2 aromatic rings. The minimum absolute atomic E-state index is 0.0188. The van der Waals surface area contributed by atoms with Crippen molar-refractivity contribution in [2.75, 3.05) is 19.0 Å². The summed E-state index contributed by atoms with van der Waals surface area (Å²) in [5.74, 6) is 0.556. The number of anilines is 1. The molecular weight excluding hydrogens is 376 g/mol. The van der Waals surface area contributed by atoms with Gasteiger partial charge in [-0.3, -0.25) is 4.79 Å². The normalized spacial score (nSPS) is 10.1. The van der Waals surface area contributed by atoms with E-state index in [9.17, 15) is 9.70 Å². The Morgan fingerprint density at radius 1 is 1.25 bits per heavy atom. The number of ether oxygens (including phenoxy) is 2. The lowest BCUT2D eigenvalue weighted by atomic mass is 10.2. The number of carbonyl (C=O) groups is 1. The SMILES string of the molecule is COc1cc(CN=O)c(Br)cc1OCC(=O)Nc1ccccc1C. The Kier molecular flexibility index (Phi) is 6.31. The Labute approximate surface area is 148 Å². The standard InChI is InChI=1S/C17H17BrN2O4/c1-11-5-3-4-6-14(11)20-17(21)10-24-16-8-13(18)12(9-19-22)7-15(16)23-2/h3-8H,9-10H2,1-2H3,(H,20,21). The second-order valence-electron chi connectivity index (χ2n) is 5.03. The zero-order chi connectivity index (χ0) is 17.5. The van der Waals surface area contributed by atoms with Crippen LogP contribution in [0.2, 0.25) is 0 Å². The molecule has 0 aliphatic carbocycles. The van der Waals surface area contributed by atoms with E-state index in [2.05, 4.69) is 26.4 Å². The summed E-state index contributed by atoms with van der Waals surface area (Å²) in [6.45, 7) is 1.77. The molecule has 126 valence electrons. The molecule has 0 aliphatic rings. The van der Waals surface area contributed by atoms with E-state index in [0.29, 0.717) is 21.5 Å². The van der Waals surface area contributed by atoms with Gasteiger partial charge in [-0.1, -0.05) is 39.3 Å². The molecular formula is C17H17BrN2O4. The van der Waals surface area contributed by atoms with E-state index in [4.69, 9.17) is 9.47 Å². The Hall–Kier alpha value is -2.41. The van der Waals surface area contributed by atoms with Crippen LogP contribution in [0.5, 0.6) is 11.5 Å². The number of rotatable bonds is 7. The van der Waals surface area contributed by atoms with Crippen LogP contribution < -0.4 is 14.8 Å².